The first kappa shape index (κ1) is 11.5. The van der Waals surface area contributed by atoms with Gasteiger partial charge in [-0.15, -0.1) is 0 Å². The Kier molecular flexibility index (Phi) is 3.88. The van der Waals surface area contributed by atoms with Crippen LogP contribution in [0.5, 0.6) is 0 Å². The molecule has 2 rings (SSSR count). The van der Waals surface area contributed by atoms with E-state index in [4.69, 9.17) is 9.47 Å². The second-order valence-electron chi connectivity index (χ2n) is 3.84. The maximum absolute atomic E-state index is 13.1. The number of methoxy groups -OCH3 is 1. The summed E-state index contributed by atoms with van der Waals surface area (Å²) < 4.78 is 23.8. The lowest BCUT2D eigenvalue weighted by Crippen LogP contribution is -2.33. The molecule has 0 radical (unpaired) electrons. The van der Waals surface area contributed by atoms with E-state index in [-0.39, 0.29) is 11.9 Å². The van der Waals surface area contributed by atoms with Crippen LogP contribution in [0.3, 0.4) is 0 Å². The molecule has 1 unspecified atom stereocenters. The highest BCUT2D eigenvalue weighted by Gasteiger charge is 2.18. The summed E-state index contributed by atoms with van der Waals surface area (Å²) in [5, 5.41) is 3.26. The molecule has 4 heteroatoms. The smallest absolute Gasteiger partial charge is 0.123 e. The molecule has 1 aliphatic rings. The van der Waals surface area contributed by atoms with Crippen molar-refractivity contribution in [3.63, 3.8) is 0 Å². The van der Waals surface area contributed by atoms with Gasteiger partial charge in [-0.25, -0.2) is 4.39 Å². The average Bonchev–Trinajstić information content (AvgIpc) is 2.31. The summed E-state index contributed by atoms with van der Waals surface area (Å²) in [5.74, 6) is -0.237. The number of nitrogens with one attached hydrogen (secondary N) is 1. The van der Waals surface area contributed by atoms with Crippen LogP contribution in [0.4, 0.5) is 4.39 Å². The number of hydrogen-bond donors (Lipinski definition) is 1. The fourth-order valence-electron chi connectivity index (χ4n) is 1.93. The van der Waals surface area contributed by atoms with E-state index in [0.717, 1.165) is 24.2 Å². The minimum Gasteiger partial charge on any atom is -0.380 e. The fourth-order valence-corrected chi connectivity index (χ4v) is 1.93. The summed E-state index contributed by atoms with van der Waals surface area (Å²) in [6.45, 7) is 2.74. The zero-order valence-corrected chi connectivity index (χ0v) is 9.33. The minimum absolute atomic E-state index is 0.000463. The van der Waals surface area contributed by atoms with Crippen molar-refractivity contribution in [2.75, 3.05) is 26.8 Å². The molecular weight excluding hydrogens is 209 g/mol. The van der Waals surface area contributed by atoms with E-state index >= 15 is 0 Å². The van der Waals surface area contributed by atoms with Crippen molar-refractivity contribution in [1.82, 2.24) is 5.32 Å². The van der Waals surface area contributed by atoms with Gasteiger partial charge in [0.05, 0.1) is 19.3 Å². The van der Waals surface area contributed by atoms with E-state index in [0.29, 0.717) is 13.2 Å². The van der Waals surface area contributed by atoms with Crippen molar-refractivity contribution in [2.45, 2.75) is 12.7 Å². The maximum Gasteiger partial charge on any atom is 0.123 e. The van der Waals surface area contributed by atoms with Gasteiger partial charge in [0.2, 0.25) is 0 Å². The van der Waals surface area contributed by atoms with Crippen LogP contribution in [0.15, 0.2) is 18.2 Å². The van der Waals surface area contributed by atoms with Crippen LogP contribution in [0, 0.1) is 5.82 Å². The van der Waals surface area contributed by atoms with Crippen molar-refractivity contribution in [3.05, 3.63) is 35.1 Å². The molecule has 1 aromatic rings. The predicted octanol–water partition coefficient (Wildman–Crippen LogP) is 1.63. The van der Waals surface area contributed by atoms with Gasteiger partial charge in [0, 0.05) is 20.2 Å². The molecule has 0 saturated carbocycles. The molecule has 1 fully saturated rings. The largest absolute Gasteiger partial charge is 0.380 e. The Morgan fingerprint density at radius 2 is 2.44 bits per heavy atom. The lowest BCUT2D eigenvalue weighted by atomic mass is 10.0. The monoisotopic (exact) mass is 225 g/mol. The first-order valence-corrected chi connectivity index (χ1v) is 5.41. The SMILES string of the molecule is COCc1cc(F)ccc1C1CNCCO1. The molecule has 0 bridgehead atoms. The van der Waals surface area contributed by atoms with Gasteiger partial charge in [-0.1, -0.05) is 6.07 Å². The van der Waals surface area contributed by atoms with Gasteiger partial charge in [0.15, 0.2) is 0 Å². The topological polar surface area (TPSA) is 30.5 Å². The Morgan fingerprint density at radius 1 is 1.56 bits per heavy atom. The van der Waals surface area contributed by atoms with E-state index in [9.17, 15) is 4.39 Å². The Hall–Kier alpha value is -0.970. The van der Waals surface area contributed by atoms with Crippen LogP contribution in [0.1, 0.15) is 17.2 Å². The lowest BCUT2D eigenvalue weighted by Gasteiger charge is -2.25. The average molecular weight is 225 g/mol. The number of morpholine rings is 1. The zero-order valence-electron chi connectivity index (χ0n) is 9.33. The highest BCUT2D eigenvalue weighted by atomic mass is 19.1. The predicted molar refractivity (Wildman–Crippen MR) is 58.7 cm³/mol. The molecule has 1 N–H and O–H groups in total. The molecule has 0 aromatic heterocycles. The van der Waals surface area contributed by atoms with E-state index in [2.05, 4.69) is 5.32 Å². The molecule has 88 valence electrons. The van der Waals surface area contributed by atoms with Crippen LogP contribution in [-0.4, -0.2) is 26.8 Å². The zero-order chi connectivity index (χ0) is 11.4. The standard InChI is InChI=1S/C12H16FNO2/c1-15-8-9-6-10(13)2-3-11(9)12-7-14-4-5-16-12/h2-3,6,12,14H,4-5,7-8H2,1H3. The second-order valence-corrected chi connectivity index (χ2v) is 3.84. The first-order valence-electron chi connectivity index (χ1n) is 5.41. The van der Waals surface area contributed by atoms with Crippen LogP contribution >= 0.6 is 0 Å². The van der Waals surface area contributed by atoms with Gasteiger partial charge >= 0.3 is 0 Å². The molecule has 1 heterocycles. The van der Waals surface area contributed by atoms with Gasteiger partial charge in [-0.05, 0) is 23.3 Å². The van der Waals surface area contributed by atoms with E-state index in [1.165, 1.54) is 12.1 Å². The molecule has 1 aromatic carbocycles. The normalized spacial score (nSPS) is 21.0. The first-order chi connectivity index (χ1) is 7.81. The van der Waals surface area contributed by atoms with Gasteiger partial charge in [0.1, 0.15) is 5.82 Å². The van der Waals surface area contributed by atoms with E-state index in [1.807, 2.05) is 0 Å². The number of ether oxygens (including phenoxy) is 2. The molecule has 0 aliphatic carbocycles. The van der Waals surface area contributed by atoms with E-state index in [1.54, 1.807) is 13.2 Å². The summed E-state index contributed by atoms with van der Waals surface area (Å²) >= 11 is 0. The molecule has 16 heavy (non-hydrogen) atoms. The minimum atomic E-state index is -0.237. The van der Waals surface area contributed by atoms with Crippen LogP contribution in [0.25, 0.3) is 0 Å². The van der Waals surface area contributed by atoms with Gasteiger partial charge in [0.25, 0.3) is 0 Å². The lowest BCUT2D eigenvalue weighted by molar-refractivity contribution is 0.0260. The highest BCUT2D eigenvalue weighted by molar-refractivity contribution is 5.30. The third-order valence-corrected chi connectivity index (χ3v) is 2.68. The second kappa shape index (κ2) is 5.39. The number of halogens is 1. The van der Waals surface area contributed by atoms with Gasteiger partial charge < -0.3 is 14.8 Å². The summed E-state index contributed by atoms with van der Waals surface area (Å²) in [6, 6.07) is 4.75. The third kappa shape index (κ3) is 2.58. The summed E-state index contributed by atoms with van der Waals surface area (Å²) in [4.78, 5) is 0. The van der Waals surface area contributed by atoms with Crippen LogP contribution < -0.4 is 5.32 Å². The van der Waals surface area contributed by atoms with Crippen molar-refractivity contribution >= 4 is 0 Å². The van der Waals surface area contributed by atoms with Crippen LogP contribution in [0.2, 0.25) is 0 Å². The fraction of sp³-hybridized carbons (Fsp3) is 0.500. The number of rotatable bonds is 3. The molecule has 0 amide bonds. The van der Waals surface area contributed by atoms with Crippen molar-refractivity contribution in [3.8, 4) is 0 Å². The summed E-state index contributed by atoms with van der Waals surface area (Å²) in [7, 11) is 1.61. The summed E-state index contributed by atoms with van der Waals surface area (Å²) in [5.41, 5.74) is 1.87. The molecule has 1 saturated heterocycles. The quantitative estimate of drug-likeness (QED) is 0.848. The Bertz CT molecular complexity index is 351. The van der Waals surface area contributed by atoms with Crippen molar-refractivity contribution in [1.29, 1.82) is 0 Å². The molecule has 1 atom stereocenters. The van der Waals surface area contributed by atoms with Gasteiger partial charge in [-0.2, -0.15) is 0 Å². The third-order valence-electron chi connectivity index (χ3n) is 2.68. The maximum atomic E-state index is 13.1. The highest BCUT2D eigenvalue weighted by Crippen LogP contribution is 2.24. The molecule has 0 spiro atoms. The van der Waals surface area contributed by atoms with Crippen LogP contribution in [-0.2, 0) is 16.1 Å². The van der Waals surface area contributed by atoms with Crippen molar-refractivity contribution < 1.29 is 13.9 Å². The van der Waals surface area contributed by atoms with Crippen molar-refractivity contribution in [2.24, 2.45) is 0 Å². The molecule has 1 aliphatic heterocycles. The van der Waals surface area contributed by atoms with E-state index < -0.39 is 0 Å². The number of benzene rings is 1. The summed E-state index contributed by atoms with van der Waals surface area (Å²) in [6.07, 6.45) is -0.000463. The number of hydrogen-bond acceptors (Lipinski definition) is 3. The Labute approximate surface area is 94.6 Å². The molecule has 3 nitrogen and oxygen atoms in total. The van der Waals surface area contributed by atoms with Gasteiger partial charge in [-0.3, -0.25) is 0 Å². The Balaban J connectivity index is 2.23. The molecular formula is C12H16FNO2. The Morgan fingerprint density at radius 3 is 3.12 bits per heavy atom.